The van der Waals surface area contributed by atoms with Crippen LogP contribution in [-0.4, -0.2) is 23.8 Å². The number of rotatable bonds is 6. The molecule has 2 aliphatic heterocycles. The minimum absolute atomic E-state index is 0.00706. The molecule has 2 aromatic rings. The summed E-state index contributed by atoms with van der Waals surface area (Å²) in [7, 11) is -2.05. The van der Waals surface area contributed by atoms with Gasteiger partial charge in [0.25, 0.3) is 11.1 Å². The lowest BCUT2D eigenvalue weighted by atomic mass is 9.40. The highest BCUT2D eigenvalue weighted by molar-refractivity contribution is 6.74. The molecule has 1 aromatic carbocycles. The van der Waals surface area contributed by atoms with E-state index < -0.39 is 19.4 Å². The number of nitrogens with zero attached hydrogens (tertiary/aromatic N) is 2. The largest absolute Gasteiger partial charge is 0.414 e. The molecule has 3 heterocycles. The second kappa shape index (κ2) is 10.9. The molecule has 3 saturated carbocycles. The summed E-state index contributed by atoms with van der Waals surface area (Å²) >= 11 is 0. The Morgan fingerprint density at radius 3 is 2.12 bits per heavy atom. The molecular formula is C42H62N2O3Si. The molecule has 262 valence electrons. The molecular weight excluding hydrogens is 609 g/mol. The smallest absolute Gasteiger partial charge is 0.274 e. The summed E-state index contributed by atoms with van der Waals surface area (Å²) in [6.07, 6.45) is 17.2. The lowest BCUT2D eigenvalue weighted by molar-refractivity contribution is -0.200. The van der Waals surface area contributed by atoms with Gasteiger partial charge in [-0.1, -0.05) is 98.8 Å². The van der Waals surface area contributed by atoms with Crippen molar-refractivity contribution in [3.05, 3.63) is 69.3 Å². The molecule has 0 radical (unpaired) electrons. The Morgan fingerprint density at radius 1 is 0.854 bits per heavy atom. The maximum Gasteiger partial charge on any atom is 0.274 e. The molecule has 0 saturated heterocycles. The molecule has 0 amide bonds. The lowest BCUT2D eigenvalue weighted by Crippen LogP contribution is -2.78. The van der Waals surface area contributed by atoms with Crippen LogP contribution < -0.4 is 11.1 Å². The number of benzene rings is 1. The topological polar surface area (TPSA) is 53.2 Å². The van der Waals surface area contributed by atoms with Crippen molar-refractivity contribution in [2.45, 2.75) is 143 Å². The lowest BCUT2D eigenvalue weighted by Gasteiger charge is -2.72. The first kappa shape index (κ1) is 34.3. The van der Waals surface area contributed by atoms with Gasteiger partial charge in [0, 0.05) is 17.9 Å². The zero-order chi connectivity index (χ0) is 34.8. The molecule has 1 aromatic heterocycles. The third kappa shape index (κ3) is 4.35. The third-order valence-corrected chi connectivity index (χ3v) is 20.3. The quantitative estimate of drug-likeness (QED) is 0.227. The first-order chi connectivity index (χ1) is 22.4. The first-order valence-corrected chi connectivity index (χ1v) is 22.1. The van der Waals surface area contributed by atoms with E-state index in [0.29, 0.717) is 46.3 Å². The summed E-state index contributed by atoms with van der Waals surface area (Å²) in [6.45, 7) is 26.0. The average molecular weight is 671 g/mol. The zero-order valence-electron chi connectivity index (χ0n) is 31.7. The molecule has 4 aliphatic carbocycles. The predicted molar refractivity (Wildman–Crippen MR) is 201 cm³/mol. The fourth-order valence-corrected chi connectivity index (χ4v) is 13.1. The van der Waals surface area contributed by atoms with E-state index in [9.17, 15) is 0 Å². The van der Waals surface area contributed by atoms with Crippen LogP contribution in [0.2, 0.25) is 18.1 Å². The van der Waals surface area contributed by atoms with E-state index in [2.05, 4.69) is 104 Å². The summed E-state index contributed by atoms with van der Waals surface area (Å²) in [4.78, 5) is 30.1. The summed E-state index contributed by atoms with van der Waals surface area (Å²) in [5.74, 6) is 2.80. The SMILES string of the molecule is CC(C)[C@@H](C)/C=C/[C@@H](C)[C@@H]1CC[C@H]2[C@]1(C)CC[C@@H]1[C@]23C=C[C@@]2(C[C@@H](O[Si](C)(C)C(C)(C)C)CC[C@]12C)n1c(=O)c2ccccc2c(=O)n13. The highest BCUT2D eigenvalue weighted by Gasteiger charge is 2.74. The van der Waals surface area contributed by atoms with Crippen molar-refractivity contribution in [2.75, 3.05) is 0 Å². The Hall–Kier alpha value is -2.18. The average Bonchev–Trinajstić information content (AvgIpc) is 3.38. The Bertz CT molecular complexity index is 1790. The van der Waals surface area contributed by atoms with Gasteiger partial charge in [0.1, 0.15) is 0 Å². The molecule has 48 heavy (non-hydrogen) atoms. The standard InChI is InChI=1S/C42H62N2O3Si/c1-27(2)28(3)16-17-29(4)33-18-19-34-39(33,8)22-21-35-40(9)23-20-30(47-48(10,11)38(5,6)7)26-41(40)24-25-42(34,35)44-37(46)32-15-13-12-14-31(32)36(45)43(41)44/h12-17,24-25,27-30,33-35H,18-23,26H2,1-11H3/b17-16+/t28-,29+,30-,33-,34-,35-,39+,40+,41-,42-/m0/s1. The number of allylic oxidation sites excluding steroid dienone is 4. The highest BCUT2D eigenvalue weighted by atomic mass is 28.4. The molecule has 0 unspecified atom stereocenters. The minimum Gasteiger partial charge on any atom is -0.414 e. The van der Waals surface area contributed by atoms with Crippen molar-refractivity contribution in [3.63, 3.8) is 0 Å². The predicted octanol–water partition coefficient (Wildman–Crippen LogP) is 9.64. The summed E-state index contributed by atoms with van der Waals surface area (Å²) in [6, 6.07) is 7.58. The van der Waals surface area contributed by atoms with Crippen LogP contribution in [0.4, 0.5) is 0 Å². The van der Waals surface area contributed by atoms with E-state index in [1.54, 1.807) is 0 Å². The summed E-state index contributed by atoms with van der Waals surface area (Å²) < 4.78 is 11.3. The van der Waals surface area contributed by atoms with Crippen molar-refractivity contribution < 1.29 is 4.43 Å². The maximum atomic E-state index is 15.1. The Morgan fingerprint density at radius 2 is 1.50 bits per heavy atom. The van der Waals surface area contributed by atoms with Gasteiger partial charge in [0.05, 0.1) is 21.9 Å². The van der Waals surface area contributed by atoms with Crippen molar-refractivity contribution in [1.29, 1.82) is 0 Å². The van der Waals surface area contributed by atoms with Crippen LogP contribution in [-0.2, 0) is 15.5 Å². The van der Waals surface area contributed by atoms with Gasteiger partial charge in [-0.05, 0) is 110 Å². The molecule has 6 aliphatic rings. The van der Waals surface area contributed by atoms with Crippen LogP contribution in [0.15, 0.2) is 58.2 Å². The summed E-state index contributed by atoms with van der Waals surface area (Å²) in [5, 5.41) is 1.22. The van der Waals surface area contributed by atoms with Crippen LogP contribution in [0.5, 0.6) is 0 Å². The monoisotopic (exact) mass is 670 g/mol. The molecule has 10 atom stereocenters. The van der Waals surface area contributed by atoms with Crippen molar-refractivity contribution in [3.8, 4) is 0 Å². The zero-order valence-corrected chi connectivity index (χ0v) is 32.7. The van der Waals surface area contributed by atoms with Gasteiger partial charge >= 0.3 is 0 Å². The summed E-state index contributed by atoms with van der Waals surface area (Å²) in [5.41, 5.74) is -1.17. The van der Waals surface area contributed by atoms with Crippen LogP contribution in [0.25, 0.3) is 10.8 Å². The van der Waals surface area contributed by atoms with E-state index in [1.807, 2.05) is 28.9 Å². The number of hydrogen-bond acceptors (Lipinski definition) is 3. The van der Waals surface area contributed by atoms with Gasteiger partial charge in [-0.3, -0.25) is 9.59 Å². The van der Waals surface area contributed by atoms with Crippen LogP contribution in [0.1, 0.15) is 107 Å². The Kier molecular flexibility index (Phi) is 7.79. The van der Waals surface area contributed by atoms with Gasteiger partial charge in [-0.15, -0.1) is 0 Å². The van der Waals surface area contributed by atoms with Gasteiger partial charge in [-0.2, -0.15) is 0 Å². The van der Waals surface area contributed by atoms with E-state index in [0.717, 1.165) is 32.1 Å². The Labute approximate surface area is 290 Å². The maximum absolute atomic E-state index is 15.1. The number of fused-ring (bicyclic) bond motifs is 2. The molecule has 2 bridgehead atoms. The van der Waals surface area contributed by atoms with Crippen molar-refractivity contribution in [1.82, 2.24) is 9.36 Å². The van der Waals surface area contributed by atoms with Gasteiger partial charge in [0.15, 0.2) is 8.32 Å². The molecule has 6 heteroatoms. The minimum atomic E-state index is -2.05. The van der Waals surface area contributed by atoms with E-state index >= 15 is 9.59 Å². The van der Waals surface area contributed by atoms with Crippen LogP contribution in [0.3, 0.4) is 0 Å². The number of hydrogen-bond donors (Lipinski definition) is 0. The third-order valence-electron chi connectivity index (χ3n) is 15.8. The van der Waals surface area contributed by atoms with Crippen LogP contribution in [0, 0.1) is 46.3 Å². The van der Waals surface area contributed by atoms with Gasteiger partial charge < -0.3 is 4.43 Å². The van der Waals surface area contributed by atoms with Gasteiger partial charge in [-0.25, -0.2) is 9.36 Å². The van der Waals surface area contributed by atoms with Crippen molar-refractivity contribution in [2.24, 2.45) is 46.3 Å². The van der Waals surface area contributed by atoms with Crippen molar-refractivity contribution >= 4 is 19.1 Å². The molecule has 8 rings (SSSR count). The second-order valence-electron chi connectivity index (χ2n) is 19.3. The molecule has 0 N–H and O–H groups in total. The Balaban J connectivity index is 1.42. The highest BCUT2D eigenvalue weighted by Crippen LogP contribution is 2.74. The fourth-order valence-electron chi connectivity index (χ4n) is 11.7. The van der Waals surface area contributed by atoms with Crippen LogP contribution >= 0.6 is 0 Å². The molecule has 2 spiro atoms. The fraction of sp³-hybridized carbons (Fsp3) is 0.714. The number of aromatic nitrogens is 2. The molecule has 3 fully saturated rings. The first-order valence-electron chi connectivity index (χ1n) is 19.2. The van der Waals surface area contributed by atoms with E-state index in [1.165, 1.54) is 12.8 Å². The molecule has 5 nitrogen and oxygen atoms in total. The normalized spacial score (nSPS) is 38.6. The van der Waals surface area contributed by atoms with E-state index in [-0.39, 0.29) is 33.1 Å². The van der Waals surface area contributed by atoms with E-state index in [4.69, 9.17) is 4.43 Å². The second-order valence-corrected chi connectivity index (χ2v) is 24.0. The van der Waals surface area contributed by atoms with Gasteiger partial charge in [0.2, 0.25) is 0 Å².